The van der Waals surface area contributed by atoms with Gasteiger partial charge >= 0.3 is 0 Å². The Hall–Kier alpha value is -2.67. The molecule has 6 nitrogen and oxygen atoms in total. The van der Waals surface area contributed by atoms with Crippen LogP contribution in [0.5, 0.6) is 11.5 Å². The third-order valence-corrected chi connectivity index (χ3v) is 8.03. The number of rotatable bonds is 9. The summed E-state index contributed by atoms with van der Waals surface area (Å²) in [6.45, 7) is 2.13. The Morgan fingerprint density at radius 3 is 2.55 bits per heavy atom. The molecule has 0 unspecified atom stereocenters. The van der Waals surface area contributed by atoms with Crippen molar-refractivity contribution in [1.82, 2.24) is 5.32 Å². The largest absolute Gasteiger partial charge is 0.493 e. The third kappa shape index (κ3) is 5.46. The molecule has 4 rings (SSSR count). The molecular formula is C26H32N2O4S. The van der Waals surface area contributed by atoms with E-state index in [1.165, 1.54) is 37.4 Å². The minimum Gasteiger partial charge on any atom is -0.493 e. The summed E-state index contributed by atoms with van der Waals surface area (Å²) in [7, 11) is 3.12. The molecule has 4 atom stereocenters. The monoisotopic (exact) mass is 468 g/mol. The molecule has 2 N–H and O–H groups in total. The summed E-state index contributed by atoms with van der Waals surface area (Å²) in [5.74, 6) is 3.33. The van der Waals surface area contributed by atoms with Crippen molar-refractivity contribution in [1.29, 1.82) is 0 Å². The highest BCUT2D eigenvalue weighted by Crippen LogP contribution is 2.49. The predicted molar refractivity (Wildman–Crippen MR) is 131 cm³/mol. The van der Waals surface area contributed by atoms with Crippen molar-refractivity contribution in [3.05, 3.63) is 48.0 Å². The number of carbonyl (C=O) groups is 2. The van der Waals surface area contributed by atoms with Gasteiger partial charge in [-0.15, -0.1) is 11.8 Å². The number of methoxy groups -OCH3 is 2. The van der Waals surface area contributed by atoms with E-state index in [0.29, 0.717) is 28.7 Å². The highest BCUT2D eigenvalue weighted by molar-refractivity contribution is 8.00. The van der Waals surface area contributed by atoms with Crippen LogP contribution in [0.15, 0.2) is 47.4 Å². The lowest BCUT2D eigenvalue weighted by Crippen LogP contribution is -2.40. The first kappa shape index (κ1) is 23.5. The second-order valence-corrected chi connectivity index (χ2v) is 10.0. The lowest BCUT2D eigenvalue weighted by atomic mass is 9.84. The fourth-order valence-corrected chi connectivity index (χ4v) is 6.18. The summed E-state index contributed by atoms with van der Waals surface area (Å²) in [4.78, 5) is 26.4. The molecule has 33 heavy (non-hydrogen) atoms. The minimum absolute atomic E-state index is 0.0614. The highest BCUT2D eigenvalue weighted by atomic mass is 32.2. The van der Waals surface area contributed by atoms with E-state index in [0.717, 1.165) is 16.7 Å². The Bertz CT molecular complexity index is 1010. The fourth-order valence-electron chi connectivity index (χ4n) is 5.33. The van der Waals surface area contributed by atoms with Gasteiger partial charge in [0, 0.05) is 22.7 Å². The molecular weight excluding hydrogens is 436 g/mol. The summed E-state index contributed by atoms with van der Waals surface area (Å²) in [5.41, 5.74) is 1.25. The number of nitrogens with one attached hydrogen (secondary N) is 2. The number of fused-ring (bicyclic) bond motifs is 2. The SMILES string of the molecule is COc1ccc(NC(=O)CSc2ccccc2C(=O)N[C@H](C)[C@@H]2C[C@@H]3CC[C@@H]2C3)cc1OC. The van der Waals surface area contributed by atoms with Crippen LogP contribution in [0.3, 0.4) is 0 Å². The van der Waals surface area contributed by atoms with Crippen LogP contribution in [0, 0.1) is 17.8 Å². The maximum Gasteiger partial charge on any atom is 0.252 e. The van der Waals surface area contributed by atoms with E-state index in [4.69, 9.17) is 9.47 Å². The molecule has 0 heterocycles. The van der Waals surface area contributed by atoms with Gasteiger partial charge in [0.05, 0.1) is 25.5 Å². The number of anilines is 1. The van der Waals surface area contributed by atoms with Crippen molar-refractivity contribution < 1.29 is 19.1 Å². The quantitative estimate of drug-likeness (QED) is 0.507. The molecule has 0 spiro atoms. The Morgan fingerprint density at radius 1 is 1.06 bits per heavy atom. The normalized spacial score (nSPS) is 22.0. The van der Waals surface area contributed by atoms with Gasteiger partial charge in [-0.25, -0.2) is 0 Å². The second kappa shape index (κ2) is 10.5. The van der Waals surface area contributed by atoms with E-state index in [1.807, 2.05) is 24.3 Å². The maximum atomic E-state index is 13.1. The summed E-state index contributed by atoms with van der Waals surface area (Å²) in [6, 6.07) is 12.9. The zero-order valence-corrected chi connectivity index (χ0v) is 20.2. The van der Waals surface area contributed by atoms with Gasteiger partial charge < -0.3 is 20.1 Å². The zero-order chi connectivity index (χ0) is 23.4. The number of amides is 2. The van der Waals surface area contributed by atoms with E-state index in [9.17, 15) is 9.59 Å². The number of thioether (sulfide) groups is 1. The standard InChI is InChI=1S/C26H32N2O4S/c1-16(21-13-17-8-9-18(21)12-17)27-26(30)20-6-4-5-7-24(20)33-15-25(29)28-19-10-11-22(31-2)23(14-19)32-3/h4-7,10-11,14,16-18,21H,8-9,12-13,15H2,1-3H3,(H,27,30)(H,28,29)/t16-,17-,18-,21+/m1/s1. The van der Waals surface area contributed by atoms with Crippen LogP contribution in [-0.2, 0) is 4.79 Å². The predicted octanol–water partition coefficient (Wildman–Crippen LogP) is 4.99. The van der Waals surface area contributed by atoms with E-state index in [2.05, 4.69) is 17.6 Å². The third-order valence-electron chi connectivity index (χ3n) is 6.95. The number of hydrogen-bond donors (Lipinski definition) is 2. The molecule has 2 aromatic rings. The van der Waals surface area contributed by atoms with Crippen molar-refractivity contribution >= 4 is 29.3 Å². The lowest BCUT2D eigenvalue weighted by Gasteiger charge is -2.28. The van der Waals surface area contributed by atoms with Crippen molar-refractivity contribution in [3.8, 4) is 11.5 Å². The number of carbonyl (C=O) groups excluding carboxylic acids is 2. The number of ether oxygens (including phenoxy) is 2. The van der Waals surface area contributed by atoms with Crippen LogP contribution in [0.4, 0.5) is 5.69 Å². The number of benzene rings is 2. The average molecular weight is 469 g/mol. The summed E-state index contributed by atoms with van der Waals surface area (Å²) in [5, 5.41) is 6.11. The lowest BCUT2D eigenvalue weighted by molar-refractivity contribution is -0.113. The molecule has 7 heteroatoms. The second-order valence-electron chi connectivity index (χ2n) is 9.00. The van der Waals surface area contributed by atoms with Gasteiger partial charge in [0.2, 0.25) is 5.91 Å². The molecule has 0 saturated heterocycles. The van der Waals surface area contributed by atoms with Crippen LogP contribution in [0.2, 0.25) is 0 Å². The Labute approximate surface area is 199 Å². The first-order valence-electron chi connectivity index (χ1n) is 11.5. The summed E-state index contributed by atoms with van der Waals surface area (Å²) >= 11 is 1.36. The van der Waals surface area contributed by atoms with E-state index in [-0.39, 0.29) is 23.6 Å². The zero-order valence-electron chi connectivity index (χ0n) is 19.4. The van der Waals surface area contributed by atoms with Gasteiger partial charge in [-0.3, -0.25) is 9.59 Å². The van der Waals surface area contributed by atoms with Crippen molar-refractivity contribution in [2.24, 2.45) is 17.8 Å². The van der Waals surface area contributed by atoms with Gasteiger partial charge in [0.25, 0.3) is 5.91 Å². The van der Waals surface area contributed by atoms with Gasteiger partial charge in [0.1, 0.15) is 0 Å². The smallest absolute Gasteiger partial charge is 0.252 e. The molecule has 0 aromatic heterocycles. The van der Waals surface area contributed by atoms with Gasteiger partial charge in [-0.1, -0.05) is 18.6 Å². The Balaban J connectivity index is 1.34. The molecule has 2 fully saturated rings. The summed E-state index contributed by atoms with van der Waals surface area (Å²) in [6.07, 6.45) is 5.22. The summed E-state index contributed by atoms with van der Waals surface area (Å²) < 4.78 is 10.5. The van der Waals surface area contributed by atoms with Crippen molar-refractivity contribution in [2.75, 3.05) is 25.3 Å². The molecule has 2 amide bonds. The van der Waals surface area contributed by atoms with Crippen LogP contribution in [0.1, 0.15) is 43.0 Å². The Kier molecular flexibility index (Phi) is 7.48. The van der Waals surface area contributed by atoms with Crippen LogP contribution >= 0.6 is 11.8 Å². The van der Waals surface area contributed by atoms with E-state index < -0.39 is 0 Å². The molecule has 2 aliphatic carbocycles. The molecule has 2 aromatic carbocycles. The topological polar surface area (TPSA) is 76.7 Å². The average Bonchev–Trinajstić information content (AvgIpc) is 3.47. The van der Waals surface area contributed by atoms with E-state index >= 15 is 0 Å². The fraction of sp³-hybridized carbons (Fsp3) is 0.462. The van der Waals surface area contributed by atoms with Crippen LogP contribution in [-0.4, -0.2) is 37.8 Å². The highest BCUT2D eigenvalue weighted by Gasteiger charge is 2.42. The number of hydrogen-bond acceptors (Lipinski definition) is 5. The van der Waals surface area contributed by atoms with Crippen LogP contribution in [0.25, 0.3) is 0 Å². The van der Waals surface area contributed by atoms with E-state index in [1.54, 1.807) is 32.4 Å². The van der Waals surface area contributed by atoms with Crippen molar-refractivity contribution in [2.45, 2.75) is 43.5 Å². The molecule has 2 bridgehead atoms. The molecule has 0 aliphatic heterocycles. The van der Waals surface area contributed by atoms with Gasteiger partial charge in [0.15, 0.2) is 11.5 Å². The molecule has 176 valence electrons. The molecule has 0 radical (unpaired) electrons. The minimum atomic E-state index is -0.155. The first-order valence-corrected chi connectivity index (χ1v) is 12.5. The molecule has 2 aliphatic rings. The first-order chi connectivity index (χ1) is 16.0. The maximum absolute atomic E-state index is 13.1. The van der Waals surface area contributed by atoms with Crippen LogP contribution < -0.4 is 20.1 Å². The molecule has 2 saturated carbocycles. The Morgan fingerprint density at radius 2 is 1.85 bits per heavy atom. The van der Waals surface area contributed by atoms with Gasteiger partial charge in [-0.2, -0.15) is 0 Å². The van der Waals surface area contributed by atoms with Gasteiger partial charge in [-0.05, 0) is 68.2 Å². The van der Waals surface area contributed by atoms with Crippen molar-refractivity contribution in [3.63, 3.8) is 0 Å².